The minimum Gasteiger partial charge on any atom is -0.294 e. The van der Waals surface area contributed by atoms with Crippen LogP contribution in [0.5, 0.6) is 0 Å². The molecule has 98 valence electrons. The first-order valence-corrected chi connectivity index (χ1v) is 7.02. The molecule has 0 saturated carbocycles. The molecule has 0 saturated heterocycles. The molecule has 0 spiro atoms. The van der Waals surface area contributed by atoms with Crippen molar-refractivity contribution in [1.82, 2.24) is 4.98 Å². The number of anilines is 1. The molecule has 0 amide bonds. The van der Waals surface area contributed by atoms with Gasteiger partial charge in [-0.25, -0.2) is 8.42 Å². The second-order valence-electron chi connectivity index (χ2n) is 3.90. The molecule has 1 heterocycles. The maximum absolute atomic E-state index is 12.1. The van der Waals surface area contributed by atoms with Crippen LogP contribution in [0.1, 0.15) is 17.3 Å². The van der Waals surface area contributed by atoms with Gasteiger partial charge in [0.25, 0.3) is 10.0 Å². The second-order valence-corrected chi connectivity index (χ2v) is 5.58. The molecule has 0 radical (unpaired) electrons. The van der Waals surface area contributed by atoms with Crippen LogP contribution in [0.15, 0.2) is 53.7 Å². The summed E-state index contributed by atoms with van der Waals surface area (Å²) >= 11 is 0. The van der Waals surface area contributed by atoms with Crippen molar-refractivity contribution >= 4 is 21.5 Å². The minimum atomic E-state index is -3.73. The molecule has 1 aromatic heterocycles. The Morgan fingerprint density at radius 2 is 1.89 bits per heavy atom. The van der Waals surface area contributed by atoms with Gasteiger partial charge in [0.15, 0.2) is 5.78 Å². The number of Topliss-reactive ketones (excluding diaryl/α,β-unsaturated/α-hetero) is 1. The highest BCUT2D eigenvalue weighted by Crippen LogP contribution is 2.19. The third-order valence-corrected chi connectivity index (χ3v) is 3.85. The summed E-state index contributed by atoms with van der Waals surface area (Å²) in [6, 6.07) is 9.43. The van der Waals surface area contributed by atoms with Crippen LogP contribution in [-0.2, 0) is 10.0 Å². The fourth-order valence-corrected chi connectivity index (χ4v) is 2.63. The molecule has 0 atom stereocenters. The van der Waals surface area contributed by atoms with Crippen LogP contribution in [0.2, 0.25) is 0 Å². The summed E-state index contributed by atoms with van der Waals surface area (Å²) in [5, 5.41) is 0. The van der Waals surface area contributed by atoms with Gasteiger partial charge >= 0.3 is 0 Å². The lowest BCUT2D eigenvalue weighted by atomic mass is 10.1. The van der Waals surface area contributed by atoms with Crippen LogP contribution < -0.4 is 4.72 Å². The lowest BCUT2D eigenvalue weighted by molar-refractivity contribution is 0.101. The Labute approximate surface area is 111 Å². The molecule has 0 fully saturated rings. The van der Waals surface area contributed by atoms with E-state index in [1.807, 2.05) is 0 Å². The van der Waals surface area contributed by atoms with Crippen molar-refractivity contribution in [3.8, 4) is 0 Å². The number of carbonyl (C=O) groups excluding carboxylic acids is 1. The van der Waals surface area contributed by atoms with E-state index in [2.05, 4.69) is 9.71 Å². The number of pyridine rings is 1. The Bertz CT molecular complexity index is 697. The van der Waals surface area contributed by atoms with Gasteiger partial charge in [0.1, 0.15) is 4.90 Å². The number of hydrogen-bond acceptors (Lipinski definition) is 4. The number of benzene rings is 1. The van der Waals surface area contributed by atoms with E-state index in [0.717, 1.165) is 0 Å². The van der Waals surface area contributed by atoms with E-state index >= 15 is 0 Å². The van der Waals surface area contributed by atoms with Crippen molar-refractivity contribution in [2.24, 2.45) is 0 Å². The topological polar surface area (TPSA) is 76.1 Å². The van der Waals surface area contributed by atoms with Crippen molar-refractivity contribution in [1.29, 1.82) is 0 Å². The van der Waals surface area contributed by atoms with Crippen LogP contribution in [-0.4, -0.2) is 19.2 Å². The maximum Gasteiger partial charge on any atom is 0.263 e. The quantitative estimate of drug-likeness (QED) is 0.867. The van der Waals surface area contributed by atoms with E-state index in [-0.39, 0.29) is 16.4 Å². The summed E-state index contributed by atoms with van der Waals surface area (Å²) in [5.41, 5.74) is 0.591. The van der Waals surface area contributed by atoms with Crippen LogP contribution in [0.3, 0.4) is 0 Å². The number of sulfonamides is 1. The number of hydrogen-bond donors (Lipinski definition) is 1. The lowest BCUT2D eigenvalue weighted by Gasteiger charge is -2.10. The first-order valence-electron chi connectivity index (χ1n) is 5.53. The first kappa shape index (κ1) is 13.2. The van der Waals surface area contributed by atoms with Gasteiger partial charge in [-0.05, 0) is 31.2 Å². The Kier molecular flexibility index (Phi) is 3.62. The zero-order chi connectivity index (χ0) is 13.9. The highest BCUT2D eigenvalue weighted by atomic mass is 32.2. The number of rotatable bonds is 4. The molecule has 5 nitrogen and oxygen atoms in total. The fraction of sp³-hybridized carbons (Fsp3) is 0.0769. The van der Waals surface area contributed by atoms with Gasteiger partial charge in [0.05, 0.1) is 5.69 Å². The predicted molar refractivity (Wildman–Crippen MR) is 71.5 cm³/mol. The largest absolute Gasteiger partial charge is 0.294 e. The van der Waals surface area contributed by atoms with Crippen molar-refractivity contribution in [3.63, 3.8) is 0 Å². The molecule has 0 aliphatic rings. The normalized spacial score (nSPS) is 11.0. The van der Waals surface area contributed by atoms with Crippen molar-refractivity contribution < 1.29 is 13.2 Å². The van der Waals surface area contributed by atoms with Crippen molar-refractivity contribution in [2.75, 3.05) is 4.72 Å². The molecule has 2 rings (SSSR count). The number of nitrogens with zero attached hydrogens (tertiary/aromatic N) is 1. The molecular formula is C13H12N2O3S. The number of nitrogens with one attached hydrogen (secondary N) is 1. The zero-order valence-electron chi connectivity index (χ0n) is 10.2. The van der Waals surface area contributed by atoms with E-state index in [1.54, 1.807) is 24.3 Å². The van der Waals surface area contributed by atoms with E-state index in [9.17, 15) is 13.2 Å². The summed E-state index contributed by atoms with van der Waals surface area (Å²) in [5.74, 6) is -0.204. The summed E-state index contributed by atoms with van der Waals surface area (Å²) < 4.78 is 26.6. The fourth-order valence-electron chi connectivity index (χ4n) is 1.59. The van der Waals surface area contributed by atoms with Crippen LogP contribution in [0.25, 0.3) is 0 Å². The predicted octanol–water partition coefficient (Wildman–Crippen LogP) is 2.08. The molecule has 0 bridgehead atoms. The third-order valence-electron chi connectivity index (χ3n) is 2.50. The molecule has 0 aliphatic carbocycles. The molecule has 0 unspecified atom stereocenters. The Morgan fingerprint density at radius 3 is 2.53 bits per heavy atom. The van der Waals surface area contributed by atoms with Gasteiger partial charge in [-0.1, -0.05) is 12.1 Å². The molecule has 6 heteroatoms. The van der Waals surface area contributed by atoms with Gasteiger partial charge in [0.2, 0.25) is 0 Å². The van der Waals surface area contributed by atoms with Crippen LogP contribution >= 0.6 is 0 Å². The maximum atomic E-state index is 12.1. The summed E-state index contributed by atoms with van der Waals surface area (Å²) in [6.45, 7) is 1.39. The van der Waals surface area contributed by atoms with Crippen LogP contribution in [0.4, 0.5) is 5.69 Å². The van der Waals surface area contributed by atoms with Crippen LogP contribution in [0, 0.1) is 0 Å². The number of aromatic nitrogens is 1. The van der Waals surface area contributed by atoms with Crippen molar-refractivity contribution in [2.45, 2.75) is 11.8 Å². The monoisotopic (exact) mass is 276 g/mol. The average Bonchev–Trinajstić information content (AvgIpc) is 2.39. The first-order chi connectivity index (χ1) is 9.00. The lowest BCUT2D eigenvalue weighted by Crippen LogP contribution is -2.15. The van der Waals surface area contributed by atoms with Gasteiger partial charge in [-0.15, -0.1) is 0 Å². The van der Waals surface area contributed by atoms with E-state index in [0.29, 0.717) is 5.56 Å². The Balaban J connectivity index is 2.39. The van der Waals surface area contributed by atoms with E-state index < -0.39 is 10.0 Å². The SMILES string of the molecule is CC(=O)c1ccccc1NS(=O)(=O)c1cccnc1. The third kappa shape index (κ3) is 2.97. The number of para-hydroxylation sites is 1. The average molecular weight is 276 g/mol. The molecule has 0 aliphatic heterocycles. The molecule has 1 N–H and O–H groups in total. The Hall–Kier alpha value is -2.21. The number of carbonyl (C=O) groups is 1. The zero-order valence-corrected chi connectivity index (χ0v) is 11.0. The summed E-state index contributed by atoms with van der Waals surface area (Å²) in [4.78, 5) is 15.3. The molecule has 2 aromatic rings. The highest BCUT2D eigenvalue weighted by Gasteiger charge is 2.16. The Morgan fingerprint density at radius 1 is 1.16 bits per heavy atom. The highest BCUT2D eigenvalue weighted by molar-refractivity contribution is 7.92. The van der Waals surface area contributed by atoms with Gasteiger partial charge in [0, 0.05) is 18.0 Å². The summed E-state index contributed by atoms with van der Waals surface area (Å²) in [7, 11) is -3.73. The van der Waals surface area contributed by atoms with Crippen molar-refractivity contribution in [3.05, 3.63) is 54.4 Å². The van der Waals surface area contributed by atoms with Gasteiger partial charge < -0.3 is 0 Å². The molecule has 19 heavy (non-hydrogen) atoms. The van der Waals surface area contributed by atoms with E-state index in [1.165, 1.54) is 31.5 Å². The molecule has 1 aromatic carbocycles. The second kappa shape index (κ2) is 5.19. The summed E-state index contributed by atoms with van der Waals surface area (Å²) in [6.07, 6.45) is 2.74. The minimum absolute atomic E-state index is 0.0494. The smallest absolute Gasteiger partial charge is 0.263 e. The molecular weight excluding hydrogens is 264 g/mol. The standard InChI is InChI=1S/C13H12N2O3S/c1-10(16)12-6-2-3-7-13(12)15-19(17,18)11-5-4-8-14-9-11/h2-9,15H,1H3. The van der Waals surface area contributed by atoms with E-state index in [4.69, 9.17) is 0 Å². The van der Waals surface area contributed by atoms with Gasteiger partial charge in [-0.2, -0.15) is 0 Å². The van der Waals surface area contributed by atoms with Gasteiger partial charge in [-0.3, -0.25) is 14.5 Å². The number of ketones is 1.